The first kappa shape index (κ1) is 15.7. The van der Waals surface area contributed by atoms with E-state index in [9.17, 15) is 9.90 Å². The zero-order chi connectivity index (χ0) is 16.3. The molecule has 2 heterocycles. The molecule has 5 nitrogen and oxygen atoms in total. The van der Waals surface area contributed by atoms with E-state index in [1.54, 1.807) is 11.0 Å². The van der Waals surface area contributed by atoms with E-state index in [1.165, 1.54) is 11.8 Å². The minimum atomic E-state index is -0.724. The van der Waals surface area contributed by atoms with Gasteiger partial charge in [0.2, 0.25) is 5.91 Å². The van der Waals surface area contributed by atoms with Gasteiger partial charge in [0.25, 0.3) is 0 Å². The number of aromatic nitrogens is 1. The Labute approximate surface area is 135 Å². The third kappa shape index (κ3) is 3.99. The molecule has 1 fully saturated rings. The van der Waals surface area contributed by atoms with Gasteiger partial charge >= 0.3 is 0 Å². The van der Waals surface area contributed by atoms with Gasteiger partial charge in [0.1, 0.15) is 6.26 Å². The standard InChI is InChI=1S/C18H22N2O3/c1-14-3-2-4-15(11-14)13-18(22)6-8-20(9-7-18)17(21)12-16-5-10-23-19-16/h2-5,10-11,22H,6-9,12-13H2,1H3. The van der Waals surface area contributed by atoms with Crippen molar-refractivity contribution in [1.82, 2.24) is 10.1 Å². The van der Waals surface area contributed by atoms with Crippen molar-refractivity contribution in [2.24, 2.45) is 0 Å². The Morgan fingerprint density at radius 3 is 2.78 bits per heavy atom. The molecule has 5 heteroatoms. The topological polar surface area (TPSA) is 66.6 Å². The maximum Gasteiger partial charge on any atom is 0.228 e. The molecule has 1 N–H and O–H groups in total. The van der Waals surface area contributed by atoms with Gasteiger partial charge < -0.3 is 14.5 Å². The molecule has 1 aliphatic heterocycles. The Morgan fingerprint density at radius 1 is 1.35 bits per heavy atom. The number of hydrogen-bond acceptors (Lipinski definition) is 4. The number of aryl methyl sites for hydroxylation is 1. The molecule has 122 valence electrons. The van der Waals surface area contributed by atoms with Crippen LogP contribution in [0, 0.1) is 6.92 Å². The van der Waals surface area contributed by atoms with E-state index in [2.05, 4.69) is 24.2 Å². The number of carbonyl (C=O) groups is 1. The number of benzene rings is 1. The van der Waals surface area contributed by atoms with Crippen LogP contribution in [0.25, 0.3) is 0 Å². The second-order valence-corrected chi connectivity index (χ2v) is 6.44. The zero-order valence-corrected chi connectivity index (χ0v) is 13.4. The molecule has 23 heavy (non-hydrogen) atoms. The summed E-state index contributed by atoms with van der Waals surface area (Å²) in [6, 6.07) is 9.94. The molecular formula is C18H22N2O3. The van der Waals surface area contributed by atoms with Gasteiger partial charge in [0.05, 0.1) is 17.7 Å². The normalized spacial score (nSPS) is 17.2. The lowest BCUT2D eigenvalue weighted by molar-refractivity contribution is -0.134. The summed E-state index contributed by atoms with van der Waals surface area (Å²) in [5.74, 6) is 0.0384. The van der Waals surface area contributed by atoms with Crippen LogP contribution in [0.5, 0.6) is 0 Å². The number of rotatable bonds is 4. The largest absolute Gasteiger partial charge is 0.389 e. The van der Waals surface area contributed by atoms with Gasteiger partial charge in [-0.05, 0) is 25.3 Å². The Kier molecular flexibility index (Phi) is 4.48. The summed E-state index contributed by atoms with van der Waals surface area (Å²) in [5.41, 5.74) is 2.27. The summed E-state index contributed by atoms with van der Waals surface area (Å²) in [4.78, 5) is 14.0. The second-order valence-electron chi connectivity index (χ2n) is 6.44. The maximum absolute atomic E-state index is 12.2. The van der Waals surface area contributed by atoms with Crippen LogP contribution in [0.2, 0.25) is 0 Å². The number of hydrogen-bond donors (Lipinski definition) is 1. The molecule has 1 amide bonds. The summed E-state index contributed by atoms with van der Waals surface area (Å²) < 4.78 is 4.75. The Morgan fingerprint density at radius 2 is 2.13 bits per heavy atom. The van der Waals surface area contributed by atoms with E-state index in [0.29, 0.717) is 38.0 Å². The number of likely N-dealkylation sites (tertiary alicyclic amines) is 1. The van der Waals surface area contributed by atoms with E-state index >= 15 is 0 Å². The lowest BCUT2D eigenvalue weighted by atomic mass is 9.85. The maximum atomic E-state index is 12.2. The Hall–Kier alpha value is -2.14. The lowest BCUT2D eigenvalue weighted by Gasteiger charge is -2.38. The highest BCUT2D eigenvalue weighted by atomic mass is 16.5. The molecule has 0 radical (unpaired) electrons. The summed E-state index contributed by atoms with van der Waals surface area (Å²) in [6.07, 6.45) is 3.57. The molecule has 0 saturated carbocycles. The van der Waals surface area contributed by atoms with Crippen molar-refractivity contribution in [3.05, 3.63) is 53.4 Å². The monoisotopic (exact) mass is 314 g/mol. The number of amides is 1. The van der Waals surface area contributed by atoms with Crippen LogP contribution in [-0.4, -0.2) is 39.8 Å². The smallest absolute Gasteiger partial charge is 0.228 e. The van der Waals surface area contributed by atoms with E-state index in [4.69, 9.17) is 4.52 Å². The van der Waals surface area contributed by atoms with Gasteiger partial charge in [0.15, 0.2) is 0 Å². The van der Waals surface area contributed by atoms with Crippen LogP contribution in [0.1, 0.15) is 29.7 Å². The molecule has 0 bridgehead atoms. The quantitative estimate of drug-likeness (QED) is 0.939. The highest BCUT2D eigenvalue weighted by Gasteiger charge is 2.34. The van der Waals surface area contributed by atoms with Crippen LogP contribution >= 0.6 is 0 Å². The number of aliphatic hydroxyl groups is 1. The number of nitrogens with zero attached hydrogens (tertiary/aromatic N) is 2. The van der Waals surface area contributed by atoms with Crippen molar-refractivity contribution in [3.8, 4) is 0 Å². The lowest BCUT2D eigenvalue weighted by Crippen LogP contribution is -2.48. The molecule has 2 aromatic rings. The number of piperidine rings is 1. The Bertz CT molecular complexity index is 659. The first-order valence-corrected chi connectivity index (χ1v) is 7.99. The van der Waals surface area contributed by atoms with Crippen LogP contribution in [0.15, 0.2) is 41.1 Å². The van der Waals surface area contributed by atoms with Gasteiger partial charge in [0, 0.05) is 25.6 Å². The van der Waals surface area contributed by atoms with E-state index in [-0.39, 0.29) is 12.3 Å². The van der Waals surface area contributed by atoms with Crippen molar-refractivity contribution < 1.29 is 14.4 Å². The fraction of sp³-hybridized carbons (Fsp3) is 0.444. The molecule has 1 aliphatic rings. The highest BCUT2D eigenvalue weighted by molar-refractivity contribution is 5.78. The second kappa shape index (κ2) is 6.54. The van der Waals surface area contributed by atoms with Crippen molar-refractivity contribution >= 4 is 5.91 Å². The minimum Gasteiger partial charge on any atom is -0.389 e. The van der Waals surface area contributed by atoms with Gasteiger partial charge in [-0.3, -0.25) is 4.79 Å². The summed E-state index contributed by atoms with van der Waals surface area (Å²) in [6.45, 7) is 3.22. The molecule has 1 saturated heterocycles. The van der Waals surface area contributed by atoms with Crippen LogP contribution in [-0.2, 0) is 17.6 Å². The van der Waals surface area contributed by atoms with Crippen LogP contribution in [0.3, 0.4) is 0 Å². The molecule has 1 aromatic carbocycles. The average molecular weight is 314 g/mol. The van der Waals surface area contributed by atoms with Crippen LogP contribution in [0.4, 0.5) is 0 Å². The van der Waals surface area contributed by atoms with Crippen molar-refractivity contribution in [3.63, 3.8) is 0 Å². The minimum absolute atomic E-state index is 0.0384. The third-order valence-electron chi connectivity index (χ3n) is 4.49. The molecule has 1 aromatic heterocycles. The highest BCUT2D eigenvalue weighted by Crippen LogP contribution is 2.27. The van der Waals surface area contributed by atoms with E-state index in [1.807, 2.05) is 12.1 Å². The molecule has 0 spiro atoms. The molecule has 3 rings (SSSR count). The van der Waals surface area contributed by atoms with E-state index in [0.717, 1.165) is 5.56 Å². The molecule has 0 unspecified atom stereocenters. The average Bonchev–Trinajstić information content (AvgIpc) is 3.00. The fourth-order valence-corrected chi connectivity index (χ4v) is 3.15. The molecule has 0 aliphatic carbocycles. The van der Waals surface area contributed by atoms with Crippen LogP contribution < -0.4 is 0 Å². The SMILES string of the molecule is Cc1cccc(CC2(O)CCN(C(=O)Cc3ccon3)CC2)c1. The van der Waals surface area contributed by atoms with Crippen molar-refractivity contribution in [2.75, 3.05) is 13.1 Å². The van der Waals surface area contributed by atoms with E-state index < -0.39 is 5.60 Å². The van der Waals surface area contributed by atoms with Gasteiger partial charge in [-0.1, -0.05) is 35.0 Å². The van der Waals surface area contributed by atoms with Gasteiger partial charge in [-0.25, -0.2) is 0 Å². The summed E-state index contributed by atoms with van der Waals surface area (Å²) in [7, 11) is 0. The molecule has 0 atom stereocenters. The Balaban J connectivity index is 1.55. The fourth-order valence-electron chi connectivity index (χ4n) is 3.15. The predicted molar refractivity (Wildman–Crippen MR) is 85.9 cm³/mol. The van der Waals surface area contributed by atoms with Crippen molar-refractivity contribution in [1.29, 1.82) is 0 Å². The first-order valence-electron chi connectivity index (χ1n) is 7.99. The number of carbonyl (C=O) groups excluding carboxylic acids is 1. The third-order valence-corrected chi connectivity index (χ3v) is 4.49. The van der Waals surface area contributed by atoms with Gasteiger partial charge in [-0.15, -0.1) is 0 Å². The van der Waals surface area contributed by atoms with Crippen molar-refractivity contribution in [2.45, 2.75) is 38.2 Å². The first-order chi connectivity index (χ1) is 11.0. The summed E-state index contributed by atoms with van der Waals surface area (Å²) in [5, 5.41) is 14.6. The zero-order valence-electron chi connectivity index (χ0n) is 13.4. The van der Waals surface area contributed by atoms with Gasteiger partial charge in [-0.2, -0.15) is 0 Å². The molecular weight excluding hydrogens is 292 g/mol. The predicted octanol–water partition coefficient (Wildman–Crippen LogP) is 2.12. The summed E-state index contributed by atoms with van der Waals surface area (Å²) >= 11 is 0.